The maximum Gasteiger partial charge on any atom is 0.332 e. The number of aryl methyl sites for hydroxylation is 1. The molecule has 0 bridgehead atoms. The number of aromatic amines is 1. The summed E-state index contributed by atoms with van der Waals surface area (Å²) >= 11 is 0. The summed E-state index contributed by atoms with van der Waals surface area (Å²) in [5.74, 6) is 6.61. The number of hydrogen-bond acceptors (Lipinski definition) is 5. The Hall–Kier alpha value is -3.90. The van der Waals surface area contributed by atoms with Crippen molar-refractivity contribution < 1.29 is 5.11 Å². The van der Waals surface area contributed by atoms with Gasteiger partial charge in [0.2, 0.25) is 0 Å². The fraction of sp³-hybridized carbons (Fsp3) is 0.333. The lowest BCUT2D eigenvalue weighted by Crippen LogP contribution is -2.40. The van der Waals surface area contributed by atoms with E-state index in [0.29, 0.717) is 48.6 Å². The lowest BCUT2D eigenvalue weighted by atomic mass is 10.1. The SMILES string of the molecule is CCCn1c(=O)c2[nH]c(-c3cnn(CC#Cc4cccc(CO)c4)c3)nc2n(CCC)c1=O. The number of fused-ring (bicyclic) bond motifs is 1. The van der Waals surface area contributed by atoms with Crippen LogP contribution in [0, 0.1) is 11.8 Å². The third kappa shape index (κ3) is 4.52. The number of H-pyrrole nitrogens is 1. The molecule has 0 aliphatic carbocycles. The molecule has 0 unspecified atom stereocenters. The van der Waals surface area contributed by atoms with E-state index in [2.05, 4.69) is 26.9 Å². The first-order valence-corrected chi connectivity index (χ1v) is 11.0. The largest absolute Gasteiger partial charge is 0.392 e. The van der Waals surface area contributed by atoms with E-state index in [1.807, 2.05) is 38.1 Å². The van der Waals surface area contributed by atoms with Gasteiger partial charge < -0.3 is 10.1 Å². The fourth-order valence-electron chi connectivity index (χ4n) is 3.69. The highest BCUT2D eigenvalue weighted by Gasteiger charge is 2.18. The van der Waals surface area contributed by atoms with Gasteiger partial charge in [0.05, 0.1) is 18.4 Å². The van der Waals surface area contributed by atoms with E-state index in [1.54, 1.807) is 21.6 Å². The van der Waals surface area contributed by atoms with E-state index in [4.69, 9.17) is 0 Å². The van der Waals surface area contributed by atoms with Crippen molar-refractivity contribution >= 4 is 11.2 Å². The van der Waals surface area contributed by atoms with Gasteiger partial charge in [-0.25, -0.2) is 9.78 Å². The zero-order valence-corrected chi connectivity index (χ0v) is 18.7. The van der Waals surface area contributed by atoms with Crippen LogP contribution in [0.15, 0.2) is 46.2 Å². The molecule has 0 fully saturated rings. The van der Waals surface area contributed by atoms with Crippen LogP contribution in [0.25, 0.3) is 22.6 Å². The van der Waals surface area contributed by atoms with Gasteiger partial charge >= 0.3 is 5.69 Å². The quantitative estimate of drug-likeness (QED) is 0.423. The van der Waals surface area contributed by atoms with Crippen LogP contribution < -0.4 is 11.2 Å². The number of hydrogen-bond donors (Lipinski definition) is 2. The molecular weight excluding hydrogens is 420 g/mol. The Morgan fingerprint density at radius 1 is 1.12 bits per heavy atom. The van der Waals surface area contributed by atoms with E-state index in [-0.39, 0.29) is 17.9 Å². The van der Waals surface area contributed by atoms with Crippen molar-refractivity contribution in [1.82, 2.24) is 28.9 Å². The summed E-state index contributed by atoms with van der Waals surface area (Å²) < 4.78 is 4.51. The van der Waals surface area contributed by atoms with Crippen LogP contribution in [-0.4, -0.2) is 34.0 Å². The van der Waals surface area contributed by atoms with Crippen molar-refractivity contribution in [3.05, 3.63) is 68.6 Å². The lowest BCUT2D eigenvalue weighted by Gasteiger charge is -2.09. The molecule has 4 rings (SSSR count). The van der Waals surface area contributed by atoms with Gasteiger partial charge in [-0.2, -0.15) is 5.10 Å². The summed E-state index contributed by atoms with van der Waals surface area (Å²) in [5.41, 5.74) is 2.34. The molecule has 0 amide bonds. The number of aliphatic hydroxyl groups excluding tert-OH is 1. The fourth-order valence-corrected chi connectivity index (χ4v) is 3.69. The van der Waals surface area contributed by atoms with Crippen molar-refractivity contribution in [2.45, 2.75) is 52.9 Å². The number of rotatable bonds is 7. The first-order chi connectivity index (χ1) is 16.0. The van der Waals surface area contributed by atoms with E-state index >= 15 is 0 Å². The van der Waals surface area contributed by atoms with Crippen LogP contribution in [-0.2, 0) is 26.2 Å². The molecule has 0 radical (unpaired) electrons. The molecule has 0 aliphatic rings. The summed E-state index contributed by atoms with van der Waals surface area (Å²) in [4.78, 5) is 33.4. The number of benzene rings is 1. The average Bonchev–Trinajstić information content (AvgIpc) is 3.47. The van der Waals surface area contributed by atoms with Crippen molar-refractivity contribution in [3.8, 4) is 23.2 Å². The summed E-state index contributed by atoms with van der Waals surface area (Å²) in [6, 6.07) is 7.43. The minimum absolute atomic E-state index is 0.0227. The molecule has 1 aromatic carbocycles. The number of nitrogens with zero attached hydrogens (tertiary/aromatic N) is 5. The van der Waals surface area contributed by atoms with E-state index in [1.165, 1.54) is 4.57 Å². The molecule has 33 heavy (non-hydrogen) atoms. The van der Waals surface area contributed by atoms with Gasteiger partial charge in [-0.3, -0.25) is 18.6 Å². The van der Waals surface area contributed by atoms with Crippen molar-refractivity contribution in [1.29, 1.82) is 0 Å². The third-order valence-corrected chi connectivity index (χ3v) is 5.25. The lowest BCUT2D eigenvalue weighted by molar-refractivity contribution is 0.282. The second-order valence-electron chi connectivity index (χ2n) is 7.76. The molecule has 9 heteroatoms. The molecule has 4 aromatic rings. The monoisotopic (exact) mass is 446 g/mol. The Morgan fingerprint density at radius 2 is 1.91 bits per heavy atom. The smallest absolute Gasteiger partial charge is 0.332 e. The van der Waals surface area contributed by atoms with E-state index in [9.17, 15) is 14.7 Å². The summed E-state index contributed by atoms with van der Waals surface area (Å²) in [6.45, 7) is 5.10. The minimum atomic E-state index is -0.355. The summed E-state index contributed by atoms with van der Waals surface area (Å²) in [7, 11) is 0. The highest BCUT2D eigenvalue weighted by atomic mass is 16.3. The second-order valence-corrected chi connectivity index (χ2v) is 7.76. The van der Waals surface area contributed by atoms with E-state index < -0.39 is 0 Å². The van der Waals surface area contributed by atoms with Crippen molar-refractivity contribution in [2.24, 2.45) is 0 Å². The van der Waals surface area contributed by atoms with Crippen LogP contribution in [0.4, 0.5) is 0 Å². The van der Waals surface area contributed by atoms with Gasteiger partial charge in [0.25, 0.3) is 5.56 Å². The zero-order valence-electron chi connectivity index (χ0n) is 18.7. The van der Waals surface area contributed by atoms with Gasteiger partial charge in [0.15, 0.2) is 5.65 Å². The number of aromatic nitrogens is 6. The van der Waals surface area contributed by atoms with Crippen LogP contribution in [0.1, 0.15) is 37.8 Å². The first-order valence-electron chi connectivity index (χ1n) is 11.0. The topological polar surface area (TPSA) is 111 Å². The van der Waals surface area contributed by atoms with Crippen molar-refractivity contribution in [3.63, 3.8) is 0 Å². The summed E-state index contributed by atoms with van der Waals surface area (Å²) in [5, 5.41) is 13.6. The molecule has 0 spiro atoms. The van der Waals surface area contributed by atoms with Gasteiger partial charge in [0, 0.05) is 24.8 Å². The number of imidazole rings is 1. The Labute approximate surface area is 190 Å². The Kier molecular flexibility index (Phi) is 6.56. The van der Waals surface area contributed by atoms with Crippen LogP contribution in [0.2, 0.25) is 0 Å². The molecule has 2 N–H and O–H groups in total. The van der Waals surface area contributed by atoms with Crippen LogP contribution in [0.3, 0.4) is 0 Å². The Morgan fingerprint density at radius 3 is 2.67 bits per heavy atom. The maximum absolute atomic E-state index is 12.9. The first kappa shape index (κ1) is 22.3. The molecule has 0 aliphatic heterocycles. The molecule has 0 saturated carbocycles. The van der Waals surface area contributed by atoms with Crippen molar-refractivity contribution in [2.75, 3.05) is 0 Å². The second kappa shape index (κ2) is 9.71. The number of nitrogens with one attached hydrogen (secondary N) is 1. The molecule has 3 heterocycles. The Balaban J connectivity index is 1.65. The zero-order chi connectivity index (χ0) is 23.4. The van der Waals surface area contributed by atoms with Crippen LogP contribution in [0.5, 0.6) is 0 Å². The van der Waals surface area contributed by atoms with Gasteiger partial charge in [-0.05, 0) is 30.5 Å². The molecular formula is C24H26N6O3. The third-order valence-electron chi connectivity index (χ3n) is 5.25. The maximum atomic E-state index is 12.9. The van der Waals surface area contributed by atoms with Gasteiger partial charge in [-0.1, -0.05) is 37.8 Å². The minimum Gasteiger partial charge on any atom is -0.392 e. The molecule has 0 atom stereocenters. The summed E-state index contributed by atoms with van der Waals surface area (Å²) in [6.07, 6.45) is 4.88. The highest BCUT2D eigenvalue weighted by molar-refractivity contribution is 5.75. The predicted octanol–water partition coefficient (Wildman–Crippen LogP) is 2.11. The Bertz CT molecular complexity index is 1460. The van der Waals surface area contributed by atoms with Gasteiger partial charge in [0.1, 0.15) is 17.9 Å². The number of aliphatic hydroxyl groups is 1. The van der Waals surface area contributed by atoms with Crippen LogP contribution >= 0.6 is 0 Å². The van der Waals surface area contributed by atoms with E-state index in [0.717, 1.165) is 17.5 Å². The normalized spacial score (nSPS) is 11.0. The molecule has 170 valence electrons. The van der Waals surface area contributed by atoms with Gasteiger partial charge in [-0.15, -0.1) is 0 Å². The molecule has 9 nitrogen and oxygen atoms in total. The molecule has 0 saturated heterocycles. The molecule has 3 aromatic heterocycles. The average molecular weight is 447 g/mol. The highest BCUT2D eigenvalue weighted by Crippen LogP contribution is 2.18. The standard InChI is InChI=1S/C24H26N6O3/c1-3-10-29-22-20(23(32)30(11-4-2)24(29)33)26-21(27-22)19-14-25-28(15-19)12-6-9-17-7-5-8-18(13-17)16-31/h5,7-8,13-15,31H,3-4,10-12,16H2,1-2H3,(H,26,27). The predicted molar refractivity (Wildman–Crippen MR) is 126 cm³/mol.